The first kappa shape index (κ1) is 15.1. The lowest BCUT2D eigenvalue weighted by molar-refractivity contribution is 0.432. The maximum absolute atomic E-state index is 6.06. The van der Waals surface area contributed by atoms with Crippen LogP contribution in [0.4, 0.5) is 0 Å². The molecule has 0 aliphatic carbocycles. The standard InChI is InChI=1S/C18H11Cl2N3O/c1-10-8-13(12-4-2-3-5-16(12)21-10)17-22-18(24-23-17)11-6-7-14(19)15(20)9-11/h2-9H,1H3. The second-order valence-corrected chi connectivity index (χ2v) is 6.19. The summed E-state index contributed by atoms with van der Waals surface area (Å²) in [6, 6.07) is 15.0. The van der Waals surface area contributed by atoms with E-state index in [1.54, 1.807) is 18.2 Å². The van der Waals surface area contributed by atoms with Crippen molar-refractivity contribution >= 4 is 34.1 Å². The zero-order valence-electron chi connectivity index (χ0n) is 12.6. The van der Waals surface area contributed by atoms with E-state index in [0.29, 0.717) is 21.8 Å². The Kier molecular flexibility index (Phi) is 3.71. The second kappa shape index (κ2) is 5.89. The van der Waals surface area contributed by atoms with E-state index in [9.17, 15) is 0 Å². The van der Waals surface area contributed by atoms with Crippen LogP contribution in [0.5, 0.6) is 0 Å². The van der Waals surface area contributed by atoms with Crippen LogP contribution < -0.4 is 0 Å². The molecule has 2 aromatic heterocycles. The number of hydrogen-bond donors (Lipinski definition) is 0. The van der Waals surface area contributed by atoms with Crippen molar-refractivity contribution < 1.29 is 4.52 Å². The number of halogens is 2. The molecular weight excluding hydrogens is 345 g/mol. The van der Waals surface area contributed by atoms with Crippen molar-refractivity contribution in [3.63, 3.8) is 0 Å². The molecule has 0 saturated carbocycles. The monoisotopic (exact) mass is 355 g/mol. The van der Waals surface area contributed by atoms with Gasteiger partial charge in [0.25, 0.3) is 5.89 Å². The van der Waals surface area contributed by atoms with Gasteiger partial charge in [0, 0.05) is 22.2 Å². The van der Waals surface area contributed by atoms with Crippen molar-refractivity contribution in [1.29, 1.82) is 0 Å². The Hall–Kier alpha value is -2.43. The summed E-state index contributed by atoms with van der Waals surface area (Å²) in [4.78, 5) is 9.04. The normalized spacial score (nSPS) is 11.1. The summed E-state index contributed by atoms with van der Waals surface area (Å²) in [6.45, 7) is 1.94. The Balaban J connectivity index is 1.85. The van der Waals surface area contributed by atoms with Gasteiger partial charge in [-0.05, 0) is 37.3 Å². The topological polar surface area (TPSA) is 51.8 Å². The van der Waals surface area contributed by atoms with Gasteiger partial charge in [-0.25, -0.2) is 0 Å². The van der Waals surface area contributed by atoms with Crippen LogP contribution in [0.1, 0.15) is 5.69 Å². The van der Waals surface area contributed by atoms with Gasteiger partial charge < -0.3 is 4.52 Å². The van der Waals surface area contributed by atoms with Crippen molar-refractivity contribution in [3.8, 4) is 22.8 Å². The van der Waals surface area contributed by atoms with Gasteiger partial charge in [-0.2, -0.15) is 4.98 Å². The van der Waals surface area contributed by atoms with Crippen LogP contribution in [0, 0.1) is 6.92 Å². The SMILES string of the molecule is Cc1cc(-c2noc(-c3ccc(Cl)c(Cl)c3)n2)c2ccccc2n1. The molecule has 0 amide bonds. The molecule has 0 aliphatic rings. The van der Waals surface area contributed by atoms with Gasteiger partial charge in [0.15, 0.2) is 0 Å². The third-order valence-electron chi connectivity index (χ3n) is 3.68. The molecule has 4 rings (SSSR count). The summed E-state index contributed by atoms with van der Waals surface area (Å²) in [6.07, 6.45) is 0. The van der Waals surface area contributed by atoms with Crippen LogP contribution >= 0.6 is 23.2 Å². The van der Waals surface area contributed by atoms with E-state index >= 15 is 0 Å². The molecule has 0 aliphatic heterocycles. The lowest BCUT2D eigenvalue weighted by Gasteiger charge is -2.03. The first-order valence-electron chi connectivity index (χ1n) is 7.28. The quantitative estimate of drug-likeness (QED) is 0.471. The Morgan fingerprint density at radius 3 is 2.58 bits per heavy atom. The predicted molar refractivity (Wildman–Crippen MR) is 95.2 cm³/mol. The van der Waals surface area contributed by atoms with Gasteiger partial charge >= 0.3 is 0 Å². The summed E-state index contributed by atoms with van der Waals surface area (Å²) in [5.41, 5.74) is 3.39. The van der Waals surface area contributed by atoms with Crippen molar-refractivity contribution in [3.05, 3.63) is 64.3 Å². The number of aryl methyl sites for hydroxylation is 1. The molecule has 0 fully saturated rings. The van der Waals surface area contributed by atoms with Gasteiger partial charge in [0.1, 0.15) is 0 Å². The molecule has 118 valence electrons. The fourth-order valence-electron chi connectivity index (χ4n) is 2.57. The summed E-state index contributed by atoms with van der Waals surface area (Å²) in [5.74, 6) is 0.903. The van der Waals surface area contributed by atoms with Crippen molar-refractivity contribution in [2.45, 2.75) is 6.92 Å². The highest BCUT2D eigenvalue weighted by Crippen LogP contribution is 2.31. The molecule has 0 radical (unpaired) electrons. The molecule has 0 unspecified atom stereocenters. The van der Waals surface area contributed by atoms with Crippen molar-refractivity contribution in [1.82, 2.24) is 15.1 Å². The minimum Gasteiger partial charge on any atom is -0.334 e. The van der Waals surface area contributed by atoms with Crippen LogP contribution in [-0.2, 0) is 0 Å². The number of rotatable bonds is 2. The molecule has 2 aromatic carbocycles. The first-order chi connectivity index (χ1) is 11.6. The first-order valence-corrected chi connectivity index (χ1v) is 8.03. The molecule has 4 nitrogen and oxygen atoms in total. The van der Waals surface area contributed by atoms with E-state index in [2.05, 4.69) is 15.1 Å². The highest BCUT2D eigenvalue weighted by molar-refractivity contribution is 6.42. The molecule has 4 aromatic rings. The fraction of sp³-hybridized carbons (Fsp3) is 0.0556. The Bertz CT molecular complexity index is 1060. The highest BCUT2D eigenvalue weighted by Gasteiger charge is 2.15. The van der Waals surface area contributed by atoms with Gasteiger partial charge in [0.05, 0.1) is 15.6 Å². The molecule has 6 heteroatoms. The smallest absolute Gasteiger partial charge is 0.258 e. The van der Waals surface area contributed by atoms with E-state index in [1.165, 1.54) is 0 Å². The van der Waals surface area contributed by atoms with Gasteiger partial charge in [-0.3, -0.25) is 4.98 Å². The number of benzene rings is 2. The Morgan fingerprint density at radius 2 is 1.75 bits per heavy atom. The number of para-hydroxylation sites is 1. The summed E-state index contributed by atoms with van der Waals surface area (Å²) >= 11 is 12.0. The number of pyridine rings is 1. The number of nitrogens with zero attached hydrogens (tertiary/aromatic N) is 3. The highest BCUT2D eigenvalue weighted by atomic mass is 35.5. The number of hydrogen-bond acceptors (Lipinski definition) is 4. The lowest BCUT2D eigenvalue weighted by atomic mass is 10.1. The number of fused-ring (bicyclic) bond motifs is 1. The van der Waals surface area contributed by atoms with E-state index in [-0.39, 0.29) is 0 Å². The lowest BCUT2D eigenvalue weighted by Crippen LogP contribution is -1.89. The minimum absolute atomic E-state index is 0.391. The van der Waals surface area contributed by atoms with Crippen molar-refractivity contribution in [2.24, 2.45) is 0 Å². The van der Waals surface area contributed by atoms with E-state index in [4.69, 9.17) is 27.7 Å². The van der Waals surface area contributed by atoms with Crippen LogP contribution in [0.2, 0.25) is 10.0 Å². The zero-order chi connectivity index (χ0) is 16.7. The summed E-state index contributed by atoms with van der Waals surface area (Å²) in [5, 5.41) is 6.02. The molecule has 0 N–H and O–H groups in total. The van der Waals surface area contributed by atoms with Crippen LogP contribution in [0.15, 0.2) is 53.1 Å². The number of aromatic nitrogens is 3. The fourth-order valence-corrected chi connectivity index (χ4v) is 2.87. The average molecular weight is 356 g/mol. The molecule has 0 spiro atoms. The third kappa shape index (κ3) is 2.64. The van der Waals surface area contributed by atoms with Crippen LogP contribution in [0.25, 0.3) is 33.7 Å². The maximum atomic E-state index is 6.06. The largest absolute Gasteiger partial charge is 0.334 e. The Morgan fingerprint density at radius 1 is 0.917 bits per heavy atom. The molecule has 0 bridgehead atoms. The molecule has 0 saturated heterocycles. The van der Waals surface area contributed by atoms with Gasteiger partial charge in [0.2, 0.25) is 5.82 Å². The van der Waals surface area contributed by atoms with Crippen LogP contribution in [0.3, 0.4) is 0 Å². The Labute approximate surface area is 148 Å². The van der Waals surface area contributed by atoms with Gasteiger partial charge in [-0.1, -0.05) is 46.6 Å². The third-order valence-corrected chi connectivity index (χ3v) is 4.42. The molecule has 24 heavy (non-hydrogen) atoms. The van der Waals surface area contributed by atoms with Gasteiger partial charge in [-0.15, -0.1) is 0 Å². The van der Waals surface area contributed by atoms with E-state index in [1.807, 2.05) is 37.3 Å². The maximum Gasteiger partial charge on any atom is 0.258 e. The molecule has 0 atom stereocenters. The van der Waals surface area contributed by atoms with E-state index in [0.717, 1.165) is 27.7 Å². The minimum atomic E-state index is 0.391. The zero-order valence-corrected chi connectivity index (χ0v) is 14.1. The average Bonchev–Trinajstić information content (AvgIpc) is 3.06. The van der Waals surface area contributed by atoms with E-state index < -0.39 is 0 Å². The molecule has 2 heterocycles. The predicted octanol–water partition coefficient (Wildman–Crippen LogP) is 5.57. The molecular formula is C18H11Cl2N3O. The second-order valence-electron chi connectivity index (χ2n) is 5.38. The summed E-state index contributed by atoms with van der Waals surface area (Å²) in [7, 11) is 0. The summed E-state index contributed by atoms with van der Waals surface area (Å²) < 4.78 is 5.41. The van der Waals surface area contributed by atoms with Crippen LogP contribution in [-0.4, -0.2) is 15.1 Å². The van der Waals surface area contributed by atoms with Crippen molar-refractivity contribution in [2.75, 3.05) is 0 Å².